The maximum absolute atomic E-state index is 12.5. The van der Waals surface area contributed by atoms with Crippen LogP contribution >= 0.6 is 0 Å². The highest BCUT2D eigenvalue weighted by molar-refractivity contribution is 5.96. The van der Waals surface area contributed by atoms with Crippen LogP contribution < -0.4 is 10.2 Å². The van der Waals surface area contributed by atoms with Gasteiger partial charge in [-0.25, -0.2) is 9.59 Å². The zero-order chi connectivity index (χ0) is 15.6. The van der Waals surface area contributed by atoms with Gasteiger partial charge < -0.3 is 10.4 Å². The average molecular weight is 290 g/mol. The molecule has 114 valence electrons. The SMILES string of the molecule is CC(C)[C@H](NC(=O)N1c2ccccc2CCC1C)C(=O)O. The molecule has 1 heterocycles. The van der Waals surface area contributed by atoms with Gasteiger partial charge in [-0.2, -0.15) is 0 Å². The van der Waals surface area contributed by atoms with E-state index in [1.165, 1.54) is 0 Å². The largest absolute Gasteiger partial charge is 0.480 e. The molecular weight excluding hydrogens is 268 g/mol. The van der Waals surface area contributed by atoms with Gasteiger partial charge in [0.2, 0.25) is 0 Å². The zero-order valence-corrected chi connectivity index (χ0v) is 12.7. The van der Waals surface area contributed by atoms with Crippen LogP contribution in [0.15, 0.2) is 24.3 Å². The number of anilines is 1. The molecule has 1 aromatic rings. The lowest BCUT2D eigenvalue weighted by Crippen LogP contribution is -2.53. The van der Waals surface area contributed by atoms with Gasteiger partial charge in [0.25, 0.3) is 0 Å². The van der Waals surface area contributed by atoms with E-state index in [2.05, 4.69) is 5.32 Å². The number of hydrogen-bond acceptors (Lipinski definition) is 2. The fourth-order valence-electron chi connectivity index (χ4n) is 2.71. The van der Waals surface area contributed by atoms with Crippen molar-refractivity contribution < 1.29 is 14.7 Å². The molecule has 2 rings (SSSR count). The van der Waals surface area contributed by atoms with Gasteiger partial charge in [0.1, 0.15) is 6.04 Å². The number of carboxylic acid groups (broad SMARTS) is 1. The summed E-state index contributed by atoms with van der Waals surface area (Å²) in [6, 6.07) is 6.62. The molecule has 0 saturated heterocycles. The van der Waals surface area contributed by atoms with Crippen molar-refractivity contribution in [2.75, 3.05) is 4.90 Å². The number of nitrogens with one attached hydrogen (secondary N) is 1. The fraction of sp³-hybridized carbons (Fsp3) is 0.500. The van der Waals surface area contributed by atoms with Crippen molar-refractivity contribution in [2.24, 2.45) is 5.92 Å². The summed E-state index contributed by atoms with van der Waals surface area (Å²) >= 11 is 0. The number of aliphatic carboxylic acids is 1. The van der Waals surface area contributed by atoms with E-state index >= 15 is 0 Å². The number of nitrogens with zero attached hydrogens (tertiary/aromatic N) is 1. The molecule has 1 unspecified atom stereocenters. The van der Waals surface area contributed by atoms with Gasteiger partial charge in [0.15, 0.2) is 0 Å². The topological polar surface area (TPSA) is 69.6 Å². The van der Waals surface area contributed by atoms with E-state index < -0.39 is 12.0 Å². The van der Waals surface area contributed by atoms with Gasteiger partial charge in [-0.05, 0) is 37.3 Å². The van der Waals surface area contributed by atoms with Gasteiger partial charge in [-0.3, -0.25) is 4.90 Å². The van der Waals surface area contributed by atoms with Crippen LogP contribution in [0.4, 0.5) is 10.5 Å². The number of para-hydroxylation sites is 1. The van der Waals surface area contributed by atoms with Crippen molar-refractivity contribution in [3.8, 4) is 0 Å². The van der Waals surface area contributed by atoms with Gasteiger partial charge in [-0.1, -0.05) is 32.0 Å². The molecule has 0 aromatic heterocycles. The molecule has 0 fully saturated rings. The third-order valence-electron chi connectivity index (χ3n) is 3.95. The Bertz CT molecular complexity index is 542. The lowest BCUT2D eigenvalue weighted by Gasteiger charge is -2.36. The highest BCUT2D eigenvalue weighted by atomic mass is 16.4. The molecule has 2 atom stereocenters. The third kappa shape index (κ3) is 3.17. The van der Waals surface area contributed by atoms with Crippen molar-refractivity contribution in [1.82, 2.24) is 5.32 Å². The van der Waals surface area contributed by atoms with Gasteiger partial charge >= 0.3 is 12.0 Å². The van der Waals surface area contributed by atoms with Crippen molar-refractivity contribution >= 4 is 17.7 Å². The van der Waals surface area contributed by atoms with E-state index in [4.69, 9.17) is 0 Å². The second-order valence-electron chi connectivity index (χ2n) is 5.90. The van der Waals surface area contributed by atoms with Crippen LogP contribution in [0.2, 0.25) is 0 Å². The second-order valence-corrected chi connectivity index (χ2v) is 5.90. The maximum atomic E-state index is 12.5. The Balaban J connectivity index is 2.24. The van der Waals surface area contributed by atoms with Crippen LogP contribution in [0.3, 0.4) is 0 Å². The van der Waals surface area contributed by atoms with E-state index in [1.807, 2.05) is 31.2 Å². The number of aryl methyl sites for hydroxylation is 1. The average Bonchev–Trinajstić information content (AvgIpc) is 2.43. The number of carbonyl (C=O) groups excluding carboxylic acids is 1. The number of carboxylic acids is 1. The van der Waals surface area contributed by atoms with Crippen LogP contribution in [-0.4, -0.2) is 29.2 Å². The molecule has 21 heavy (non-hydrogen) atoms. The van der Waals surface area contributed by atoms with Crippen molar-refractivity contribution in [3.63, 3.8) is 0 Å². The molecule has 2 N–H and O–H groups in total. The first-order valence-electron chi connectivity index (χ1n) is 7.32. The fourth-order valence-corrected chi connectivity index (χ4v) is 2.71. The Hall–Kier alpha value is -2.04. The molecular formula is C16H22N2O3. The normalized spacial score (nSPS) is 19.0. The number of hydrogen-bond donors (Lipinski definition) is 2. The maximum Gasteiger partial charge on any atom is 0.326 e. The molecule has 5 nitrogen and oxygen atoms in total. The van der Waals surface area contributed by atoms with Crippen molar-refractivity contribution in [1.29, 1.82) is 0 Å². The van der Waals surface area contributed by atoms with Crippen LogP contribution in [0.25, 0.3) is 0 Å². The van der Waals surface area contributed by atoms with Gasteiger partial charge in [-0.15, -0.1) is 0 Å². The smallest absolute Gasteiger partial charge is 0.326 e. The number of benzene rings is 1. The summed E-state index contributed by atoms with van der Waals surface area (Å²) in [7, 11) is 0. The highest BCUT2D eigenvalue weighted by Gasteiger charge is 2.31. The number of fused-ring (bicyclic) bond motifs is 1. The zero-order valence-electron chi connectivity index (χ0n) is 12.7. The number of rotatable bonds is 3. The lowest BCUT2D eigenvalue weighted by molar-refractivity contribution is -0.140. The lowest BCUT2D eigenvalue weighted by atomic mass is 9.97. The van der Waals surface area contributed by atoms with Crippen molar-refractivity contribution in [2.45, 2.75) is 45.7 Å². The molecule has 5 heteroatoms. The number of urea groups is 1. The first-order valence-corrected chi connectivity index (χ1v) is 7.32. The van der Waals surface area contributed by atoms with Gasteiger partial charge in [0.05, 0.1) is 0 Å². The molecule has 0 saturated carbocycles. The quantitative estimate of drug-likeness (QED) is 0.899. The molecule has 1 aliphatic rings. The summed E-state index contributed by atoms with van der Waals surface area (Å²) < 4.78 is 0. The Kier molecular flexibility index (Phi) is 4.50. The molecule has 0 radical (unpaired) electrons. The summed E-state index contributed by atoms with van der Waals surface area (Å²) in [5.74, 6) is -1.17. The predicted octanol–water partition coefficient (Wildman–Crippen LogP) is 2.65. The van der Waals surface area contributed by atoms with Crippen LogP contribution in [0, 0.1) is 5.92 Å². The van der Waals surface area contributed by atoms with Gasteiger partial charge in [0, 0.05) is 11.7 Å². The molecule has 1 aliphatic heterocycles. The number of carbonyl (C=O) groups is 2. The van der Waals surface area contributed by atoms with Crippen LogP contribution in [0.5, 0.6) is 0 Å². The van der Waals surface area contributed by atoms with E-state index in [0.29, 0.717) is 0 Å². The molecule has 0 spiro atoms. The first-order chi connectivity index (χ1) is 9.91. The molecule has 2 amide bonds. The summed E-state index contributed by atoms with van der Waals surface area (Å²) in [6.07, 6.45) is 1.82. The monoisotopic (exact) mass is 290 g/mol. The molecule has 0 aliphatic carbocycles. The van der Waals surface area contributed by atoms with E-state index in [9.17, 15) is 14.7 Å². The predicted molar refractivity (Wildman–Crippen MR) is 81.5 cm³/mol. The Morgan fingerprint density at radius 1 is 1.33 bits per heavy atom. The molecule has 0 bridgehead atoms. The summed E-state index contributed by atoms with van der Waals surface area (Å²) in [5, 5.41) is 11.9. The Morgan fingerprint density at radius 2 is 2.00 bits per heavy atom. The Labute approximate surface area is 125 Å². The van der Waals surface area contributed by atoms with E-state index in [1.54, 1.807) is 18.7 Å². The summed E-state index contributed by atoms with van der Waals surface area (Å²) in [6.45, 7) is 5.56. The standard InChI is InChI=1S/C16H22N2O3/c1-10(2)14(15(19)20)17-16(21)18-11(3)8-9-12-6-4-5-7-13(12)18/h4-7,10-11,14H,8-9H2,1-3H3,(H,17,21)(H,19,20)/t11?,14-/m0/s1. The summed E-state index contributed by atoms with van der Waals surface area (Å²) in [5.41, 5.74) is 2.00. The van der Waals surface area contributed by atoms with E-state index in [-0.39, 0.29) is 18.0 Å². The minimum absolute atomic E-state index is 0.0570. The third-order valence-corrected chi connectivity index (χ3v) is 3.95. The first kappa shape index (κ1) is 15.4. The second kappa shape index (κ2) is 6.16. The molecule has 1 aromatic carbocycles. The van der Waals surface area contributed by atoms with Crippen molar-refractivity contribution in [3.05, 3.63) is 29.8 Å². The minimum Gasteiger partial charge on any atom is -0.480 e. The Morgan fingerprint density at radius 3 is 2.62 bits per heavy atom. The van der Waals surface area contributed by atoms with Crippen LogP contribution in [0.1, 0.15) is 32.8 Å². The minimum atomic E-state index is -1.00. The van der Waals surface area contributed by atoms with Crippen LogP contribution in [-0.2, 0) is 11.2 Å². The summed E-state index contributed by atoms with van der Waals surface area (Å²) in [4.78, 5) is 25.5. The number of amides is 2. The van der Waals surface area contributed by atoms with E-state index in [0.717, 1.165) is 24.1 Å². The highest BCUT2D eigenvalue weighted by Crippen LogP contribution is 2.30.